The van der Waals surface area contributed by atoms with Gasteiger partial charge in [0.2, 0.25) is 5.91 Å². The molecule has 7 heteroatoms. The average Bonchev–Trinajstić information content (AvgIpc) is 3.20. The first-order chi connectivity index (χ1) is 14.4. The first kappa shape index (κ1) is 21.5. The first-order valence-electron chi connectivity index (χ1n) is 9.80. The molecule has 6 nitrogen and oxygen atoms in total. The highest BCUT2D eigenvalue weighted by atomic mass is 32.1. The smallest absolute Gasteiger partial charge is 0.257 e. The summed E-state index contributed by atoms with van der Waals surface area (Å²) < 4.78 is 0. The van der Waals surface area contributed by atoms with E-state index in [1.54, 1.807) is 6.07 Å². The third-order valence-corrected chi connectivity index (χ3v) is 5.37. The van der Waals surface area contributed by atoms with Crippen molar-refractivity contribution in [3.8, 4) is 11.3 Å². The fraction of sp³-hybridized carbons (Fsp3) is 0.261. The third kappa shape index (κ3) is 5.90. The quantitative estimate of drug-likeness (QED) is 0.534. The van der Waals surface area contributed by atoms with Crippen LogP contribution in [0.5, 0.6) is 0 Å². The highest BCUT2D eigenvalue weighted by molar-refractivity contribution is 7.14. The molecular formula is C23H26N4O2S. The largest absolute Gasteiger partial charge is 0.378 e. The van der Waals surface area contributed by atoms with Gasteiger partial charge in [0.05, 0.1) is 5.69 Å². The van der Waals surface area contributed by atoms with E-state index in [1.165, 1.54) is 23.8 Å². The van der Waals surface area contributed by atoms with Crippen LogP contribution in [-0.2, 0) is 11.2 Å². The Morgan fingerprint density at radius 1 is 1.10 bits per heavy atom. The normalized spacial score (nSPS) is 10.5. The van der Waals surface area contributed by atoms with Gasteiger partial charge in [0, 0.05) is 49.8 Å². The number of aryl methyl sites for hydroxylation is 1. The zero-order valence-corrected chi connectivity index (χ0v) is 18.3. The van der Waals surface area contributed by atoms with Crippen molar-refractivity contribution in [3.05, 3.63) is 65.0 Å². The van der Waals surface area contributed by atoms with Crippen LogP contribution < -0.4 is 15.5 Å². The van der Waals surface area contributed by atoms with Crippen LogP contribution in [0.4, 0.5) is 10.8 Å². The molecule has 0 radical (unpaired) electrons. The van der Waals surface area contributed by atoms with Crippen LogP contribution in [-0.4, -0.2) is 37.4 Å². The predicted molar refractivity (Wildman–Crippen MR) is 123 cm³/mol. The van der Waals surface area contributed by atoms with Crippen molar-refractivity contribution in [1.82, 2.24) is 10.3 Å². The lowest BCUT2D eigenvalue weighted by Crippen LogP contribution is -2.21. The number of nitrogens with one attached hydrogen (secondary N) is 2. The topological polar surface area (TPSA) is 74.3 Å². The average molecular weight is 423 g/mol. The van der Waals surface area contributed by atoms with Gasteiger partial charge in [-0.3, -0.25) is 14.9 Å². The van der Waals surface area contributed by atoms with Gasteiger partial charge in [0.25, 0.3) is 5.91 Å². The molecule has 2 aromatic carbocycles. The molecule has 0 saturated heterocycles. The van der Waals surface area contributed by atoms with Crippen LogP contribution in [0.1, 0.15) is 29.3 Å². The molecule has 156 valence electrons. The van der Waals surface area contributed by atoms with Gasteiger partial charge in [0.1, 0.15) is 0 Å². The minimum absolute atomic E-state index is 0.00202. The highest BCUT2D eigenvalue weighted by Crippen LogP contribution is 2.26. The molecule has 0 aliphatic carbocycles. The van der Waals surface area contributed by atoms with Crippen molar-refractivity contribution in [1.29, 1.82) is 0 Å². The molecule has 0 fully saturated rings. The van der Waals surface area contributed by atoms with Gasteiger partial charge in [-0.1, -0.05) is 30.3 Å². The number of carbonyl (C=O) groups is 2. The number of aromatic nitrogens is 1. The van der Waals surface area contributed by atoms with Gasteiger partial charge >= 0.3 is 0 Å². The van der Waals surface area contributed by atoms with Gasteiger partial charge in [-0.15, -0.1) is 11.3 Å². The van der Waals surface area contributed by atoms with Crippen LogP contribution in [0.2, 0.25) is 0 Å². The van der Waals surface area contributed by atoms with Gasteiger partial charge in [-0.05, 0) is 36.6 Å². The molecule has 2 N–H and O–H groups in total. The lowest BCUT2D eigenvalue weighted by Gasteiger charge is -2.13. The Bertz CT molecular complexity index is 1010. The molecule has 1 heterocycles. The van der Waals surface area contributed by atoms with Gasteiger partial charge in [-0.2, -0.15) is 0 Å². The SMILES string of the molecule is CC(=O)NCCCc1ccc(-c2csc(NC(=O)c3cccc(N(C)C)c3)n2)cc1. The lowest BCUT2D eigenvalue weighted by atomic mass is 10.1. The van der Waals surface area contributed by atoms with Crippen molar-refractivity contribution in [3.63, 3.8) is 0 Å². The number of amides is 2. The number of carbonyl (C=O) groups excluding carboxylic acids is 2. The first-order valence-corrected chi connectivity index (χ1v) is 10.7. The summed E-state index contributed by atoms with van der Waals surface area (Å²) in [5.41, 5.74) is 4.63. The van der Waals surface area contributed by atoms with E-state index >= 15 is 0 Å². The lowest BCUT2D eigenvalue weighted by molar-refractivity contribution is -0.118. The van der Waals surface area contributed by atoms with Crippen LogP contribution in [0.25, 0.3) is 11.3 Å². The van der Waals surface area contributed by atoms with Crippen molar-refractivity contribution in [2.75, 3.05) is 30.9 Å². The molecule has 30 heavy (non-hydrogen) atoms. The van der Waals surface area contributed by atoms with Crippen LogP contribution in [0.15, 0.2) is 53.9 Å². The summed E-state index contributed by atoms with van der Waals surface area (Å²) in [6.45, 7) is 2.21. The minimum atomic E-state index is -0.172. The molecule has 0 atom stereocenters. The molecule has 0 aliphatic heterocycles. The molecule has 0 spiro atoms. The predicted octanol–water partition coefficient (Wildman–Crippen LogP) is 4.20. The number of benzene rings is 2. The molecule has 3 aromatic rings. The number of hydrogen-bond donors (Lipinski definition) is 2. The molecule has 1 aromatic heterocycles. The Labute approximate surface area is 181 Å². The number of anilines is 2. The molecule has 2 amide bonds. The van der Waals surface area contributed by atoms with E-state index in [-0.39, 0.29) is 11.8 Å². The Kier molecular flexibility index (Phi) is 7.19. The summed E-state index contributed by atoms with van der Waals surface area (Å²) in [5, 5.41) is 8.21. The van der Waals surface area contributed by atoms with E-state index in [9.17, 15) is 9.59 Å². The van der Waals surface area contributed by atoms with E-state index in [4.69, 9.17) is 0 Å². The van der Waals surface area contributed by atoms with E-state index < -0.39 is 0 Å². The van der Waals surface area contributed by atoms with Crippen LogP contribution in [0.3, 0.4) is 0 Å². The second-order valence-electron chi connectivity index (χ2n) is 7.22. The monoisotopic (exact) mass is 422 g/mol. The molecule has 0 aliphatic rings. The number of rotatable bonds is 8. The molecule has 0 bridgehead atoms. The second kappa shape index (κ2) is 10.0. The van der Waals surface area contributed by atoms with Crippen molar-refractivity contribution >= 4 is 34.0 Å². The van der Waals surface area contributed by atoms with Crippen LogP contribution >= 0.6 is 11.3 Å². The number of nitrogens with zero attached hydrogens (tertiary/aromatic N) is 2. The summed E-state index contributed by atoms with van der Waals surface area (Å²) in [5.74, 6) is -0.170. The zero-order chi connectivity index (χ0) is 21.5. The van der Waals surface area contributed by atoms with Gasteiger partial charge in [-0.25, -0.2) is 4.98 Å². The summed E-state index contributed by atoms with van der Waals surface area (Å²) in [6.07, 6.45) is 1.81. The zero-order valence-electron chi connectivity index (χ0n) is 17.4. The molecule has 3 rings (SSSR count). The Morgan fingerprint density at radius 3 is 2.57 bits per heavy atom. The Morgan fingerprint density at radius 2 is 1.87 bits per heavy atom. The van der Waals surface area contributed by atoms with E-state index in [2.05, 4.69) is 27.8 Å². The number of thiazole rings is 1. The minimum Gasteiger partial charge on any atom is -0.378 e. The second-order valence-corrected chi connectivity index (χ2v) is 8.08. The fourth-order valence-corrected chi connectivity index (χ4v) is 3.67. The maximum absolute atomic E-state index is 12.6. The fourth-order valence-electron chi connectivity index (χ4n) is 2.96. The van der Waals surface area contributed by atoms with E-state index in [1.807, 2.05) is 54.7 Å². The number of hydrogen-bond acceptors (Lipinski definition) is 5. The summed E-state index contributed by atoms with van der Waals surface area (Å²) in [6, 6.07) is 15.7. The highest BCUT2D eigenvalue weighted by Gasteiger charge is 2.11. The maximum Gasteiger partial charge on any atom is 0.257 e. The standard InChI is InChI=1S/C23H26N4O2S/c1-16(28)24-13-5-6-17-9-11-18(12-10-17)21-15-30-23(25-21)26-22(29)19-7-4-8-20(14-19)27(2)3/h4,7-12,14-15H,5-6,13H2,1-3H3,(H,24,28)(H,25,26,29). The molecule has 0 unspecified atom stereocenters. The van der Waals surface area contributed by atoms with Crippen LogP contribution in [0, 0.1) is 0 Å². The summed E-state index contributed by atoms with van der Waals surface area (Å²) >= 11 is 1.41. The van der Waals surface area contributed by atoms with Crippen molar-refractivity contribution < 1.29 is 9.59 Å². The van der Waals surface area contributed by atoms with Crippen molar-refractivity contribution in [2.45, 2.75) is 19.8 Å². The van der Waals surface area contributed by atoms with E-state index in [0.717, 1.165) is 29.8 Å². The Balaban J connectivity index is 1.60. The third-order valence-electron chi connectivity index (χ3n) is 4.62. The molecular weight excluding hydrogens is 396 g/mol. The van der Waals surface area contributed by atoms with E-state index in [0.29, 0.717) is 17.2 Å². The maximum atomic E-state index is 12.6. The Hall–Kier alpha value is -3.19. The van der Waals surface area contributed by atoms with Crippen molar-refractivity contribution in [2.24, 2.45) is 0 Å². The summed E-state index contributed by atoms with van der Waals surface area (Å²) in [7, 11) is 3.89. The van der Waals surface area contributed by atoms with Gasteiger partial charge < -0.3 is 10.2 Å². The molecule has 0 saturated carbocycles. The summed E-state index contributed by atoms with van der Waals surface area (Å²) in [4.78, 5) is 30.0. The van der Waals surface area contributed by atoms with Gasteiger partial charge in [0.15, 0.2) is 5.13 Å².